The molecule has 1 aromatic rings. The molecule has 2 aliphatic rings. The van der Waals surface area contributed by atoms with Gasteiger partial charge in [0.25, 0.3) is 0 Å². The number of halogens is 1. The van der Waals surface area contributed by atoms with Gasteiger partial charge in [-0.3, -0.25) is 0 Å². The predicted octanol–water partition coefficient (Wildman–Crippen LogP) is 5.78. The molecule has 4 heteroatoms. The minimum Gasteiger partial charge on any atom is -0.238 e. The van der Waals surface area contributed by atoms with E-state index in [0.29, 0.717) is 11.8 Å². The summed E-state index contributed by atoms with van der Waals surface area (Å²) in [5.41, 5.74) is 3.68. The molecular weight excluding hydrogens is 338 g/mol. The lowest BCUT2D eigenvalue weighted by Gasteiger charge is -2.53. The van der Waals surface area contributed by atoms with Gasteiger partial charge in [0.05, 0.1) is 11.2 Å². The number of rotatable bonds is 1. The normalized spacial score (nSPS) is 37.7. The molecule has 0 radical (unpaired) electrons. The summed E-state index contributed by atoms with van der Waals surface area (Å²) in [6, 6.07) is 8.35. The quantitative estimate of drug-likeness (QED) is 0.582. The van der Waals surface area contributed by atoms with Gasteiger partial charge in [0.15, 0.2) is 0 Å². The van der Waals surface area contributed by atoms with Crippen molar-refractivity contribution in [3.05, 3.63) is 39.9 Å². The van der Waals surface area contributed by atoms with Crippen LogP contribution in [0.15, 0.2) is 50.2 Å². The lowest BCUT2D eigenvalue weighted by molar-refractivity contribution is 0.158. The average Bonchev–Trinajstić information content (AvgIpc) is 2.79. The zero-order valence-electron chi connectivity index (χ0n) is 14.2. The molecule has 1 aliphatic heterocycles. The molecule has 3 nitrogen and oxygen atoms in total. The van der Waals surface area contributed by atoms with Crippen molar-refractivity contribution in [2.75, 3.05) is 5.01 Å². The van der Waals surface area contributed by atoms with E-state index in [0.717, 1.165) is 10.2 Å². The molecule has 0 aromatic heterocycles. The molecule has 0 saturated heterocycles. The lowest BCUT2D eigenvalue weighted by atomic mass is 9.57. The van der Waals surface area contributed by atoms with Crippen molar-refractivity contribution < 1.29 is 0 Å². The number of hydrogen-bond acceptors (Lipinski definition) is 3. The Morgan fingerprint density at radius 3 is 2.14 bits per heavy atom. The Labute approximate surface area is 141 Å². The first-order valence-electron chi connectivity index (χ1n) is 7.89. The molecule has 118 valence electrons. The molecule has 0 fully saturated rings. The number of benzene rings is 1. The van der Waals surface area contributed by atoms with E-state index >= 15 is 0 Å². The second kappa shape index (κ2) is 4.92. The van der Waals surface area contributed by atoms with Crippen LogP contribution in [0, 0.1) is 11.8 Å². The van der Waals surface area contributed by atoms with Crippen molar-refractivity contribution in [1.29, 1.82) is 0 Å². The van der Waals surface area contributed by atoms with Gasteiger partial charge < -0.3 is 0 Å². The first-order valence-corrected chi connectivity index (χ1v) is 8.68. The highest BCUT2D eigenvalue weighted by Crippen LogP contribution is 2.56. The second-order valence-corrected chi connectivity index (χ2v) is 8.00. The summed E-state index contributed by atoms with van der Waals surface area (Å²) in [6.07, 6.45) is 0. The van der Waals surface area contributed by atoms with E-state index < -0.39 is 0 Å². The monoisotopic (exact) mass is 361 g/mol. The number of hydrogen-bond donors (Lipinski definition) is 0. The zero-order valence-corrected chi connectivity index (χ0v) is 15.8. The van der Waals surface area contributed by atoms with Crippen LogP contribution in [0.2, 0.25) is 0 Å². The standard InChI is InChI=1S/C18H24BrN3/c1-11-12(2)14(4)18(6)17(5,13(11)3)20-21-22(18)16-9-7-15(19)8-10-16/h7-10,13-14H,1-6H3/t13-,14-,17+,18+/m0/s1. The SMILES string of the molecule is CC1=C(C)[C@H](C)[C@@]2(C)N=NN(c3ccc(Br)cc3)[C@]2(C)[C@H]1C. The molecule has 4 atom stereocenters. The highest BCUT2D eigenvalue weighted by molar-refractivity contribution is 9.10. The minimum atomic E-state index is -0.205. The Morgan fingerprint density at radius 1 is 1.00 bits per heavy atom. The first-order chi connectivity index (χ1) is 10.2. The van der Waals surface area contributed by atoms with Crippen molar-refractivity contribution in [2.24, 2.45) is 22.2 Å². The van der Waals surface area contributed by atoms with Crippen LogP contribution in [-0.4, -0.2) is 11.1 Å². The van der Waals surface area contributed by atoms with Crippen LogP contribution >= 0.6 is 15.9 Å². The molecule has 0 saturated carbocycles. The summed E-state index contributed by atoms with van der Waals surface area (Å²) in [7, 11) is 0. The van der Waals surface area contributed by atoms with E-state index in [9.17, 15) is 0 Å². The molecule has 0 bridgehead atoms. The van der Waals surface area contributed by atoms with Crippen molar-refractivity contribution in [2.45, 2.75) is 52.6 Å². The van der Waals surface area contributed by atoms with E-state index in [2.05, 4.69) is 92.0 Å². The van der Waals surface area contributed by atoms with Gasteiger partial charge in [0, 0.05) is 16.3 Å². The van der Waals surface area contributed by atoms with E-state index in [1.807, 2.05) is 0 Å². The third-order valence-electron chi connectivity index (χ3n) is 6.49. The molecule has 0 unspecified atom stereocenters. The predicted molar refractivity (Wildman–Crippen MR) is 95.0 cm³/mol. The fraction of sp³-hybridized carbons (Fsp3) is 0.556. The van der Waals surface area contributed by atoms with Crippen LogP contribution in [0.4, 0.5) is 5.69 Å². The lowest BCUT2D eigenvalue weighted by Crippen LogP contribution is -2.64. The third-order valence-corrected chi connectivity index (χ3v) is 7.01. The summed E-state index contributed by atoms with van der Waals surface area (Å²) < 4.78 is 1.08. The van der Waals surface area contributed by atoms with Crippen LogP contribution in [0.25, 0.3) is 0 Å². The van der Waals surface area contributed by atoms with Crippen molar-refractivity contribution in [1.82, 2.24) is 0 Å². The molecule has 1 heterocycles. The van der Waals surface area contributed by atoms with Crippen LogP contribution in [-0.2, 0) is 0 Å². The van der Waals surface area contributed by atoms with Gasteiger partial charge in [-0.2, -0.15) is 5.11 Å². The highest BCUT2D eigenvalue weighted by atomic mass is 79.9. The Bertz CT molecular complexity index is 663. The van der Waals surface area contributed by atoms with Crippen LogP contribution < -0.4 is 5.01 Å². The summed E-state index contributed by atoms with van der Waals surface area (Å²) in [6.45, 7) is 13.7. The van der Waals surface area contributed by atoms with E-state index in [4.69, 9.17) is 5.11 Å². The maximum Gasteiger partial charge on any atom is 0.113 e. The van der Waals surface area contributed by atoms with Gasteiger partial charge in [0.2, 0.25) is 0 Å². The third kappa shape index (κ3) is 1.79. The van der Waals surface area contributed by atoms with Gasteiger partial charge in [0.1, 0.15) is 5.54 Å². The van der Waals surface area contributed by atoms with Gasteiger partial charge >= 0.3 is 0 Å². The Morgan fingerprint density at radius 2 is 1.55 bits per heavy atom. The largest absolute Gasteiger partial charge is 0.238 e. The number of fused-ring (bicyclic) bond motifs is 1. The minimum absolute atomic E-state index is 0.149. The number of nitrogens with zero attached hydrogens (tertiary/aromatic N) is 3. The van der Waals surface area contributed by atoms with E-state index in [1.54, 1.807) is 0 Å². The fourth-order valence-electron chi connectivity index (χ4n) is 4.12. The second-order valence-electron chi connectivity index (χ2n) is 7.08. The molecule has 1 aliphatic carbocycles. The van der Waals surface area contributed by atoms with E-state index in [-0.39, 0.29) is 11.1 Å². The molecule has 0 amide bonds. The number of anilines is 1. The van der Waals surface area contributed by atoms with Crippen LogP contribution in [0.5, 0.6) is 0 Å². The van der Waals surface area contributed by atoms with Crippen molar-refractivity contribution >= 4 is 21.6 Å². The zero-order chi connectivity index (χ0) is 16.3. The Balaban J connectivity index is 2.15. The Kier molecular flexibility index (Phi) is 3.52. The van der Waals surface area contributed by atoms with Gasteiger partial charge in [-0.05, 0) is 52.0 Å². The Hall–Kier alpha value is -1.16. The molecule has 1 aromatic carbocycles. The van der Waals surface area contributed by atoms with Crippen LogP contribution in [0.3, 0.4) is 0 Å². The van der Waals surface area contributed by atoms with Crippen LogP contribution in [0.1, 0.15) is 41.5 Å². The van der Waals surface area contributed by atoms with Crippen molar-refractivity contribution in [3.63, 3.8) is 0 Å². The van der Waals surface area contributed by atoms with Gasteiger partial charge in [-0.25, -0.2) is 5.01 Å². The highest BCUT2D eigenvalue weighted by Gasteiger charge is 2.62. The first kappa shape index (κ1) is 15.7. The maximum atomic E-state index is 4.76. The molecule has 22 heavy (non-hydrogen) atoms. The summed E-state index contributed by atoms with van der Waals surface area (Å²) in [5.74, 6) is 0.783. The molecule has 0 N–H and O–H groups in total. The molecular formula is C18H24BrN3. The fourth-order valence-corrected chi connectivity index (χ4v) is 4.39. The van der Waals surface area contributed by atoms with Crippen molar-refractivity contribution in [3.8, 4) is 0 Å². The topological polar surface area (TPSA) is 28.0 Å². The summed E-state index contributed by atoms with van der Waals surface area (Å²) >= 11 is 3.51. The average molecular weight is 362 g/mol. The van der Waals surface area contributed by atoms with Gasteiger partial charge in [-0.15, -0.1) is 0 Å². The molecule has 0 spiro atoms. The van der Waals surface area contributed by atoms with E-state index in [1.165, 1.54) is 11.1 Å². The van der Waals surface area contributed by atoms with Gasteiger partial charge in [-0.1, -0.05) is 46.1 Å². The summed E-state index contributed by atoms with van der Waals surface area (Å²) in [5, 5.41) is 11.5. The summed E-state index contributed by atoms with van der Waals surface area (Å²) in [4.78, 5) is 0. The maximum absolute atomic E-state index is 4.76. The molecule has 3 rings (SSSR count). The smallest absolute Gasteiger partial charge is 0.113 e.